The molecule has 3 aliphatic rings. The number of rotatable bonds is 1. The minimum absolute atomic E-state index is 0.0471. The van der Waals surface area contributed by atoms with Gasteiger partial charge < -0.3 is 9.64 Å². The first-order valence-electron chi connectivity index (χ1n) is 10.5. The van der Waals surface area contributed by atoms with Crippen LogP contribution in [0.4, 0.5) is 0 Å². The lowest BCUT2D eigenvalue weighted by Gasteiger charge is -2.58. The van der Waals surface area contributed by atoms with Gasteiger partial charge in [0, 0.05) is 15.5 Å². The summed E-state index contributed by atoms with van der Waals surface area (Å²) >= 11 is 0. The molecule has 4 rings (SSSR count). The molecule has 1 saturated carbocycles. The van der Waals surface area contributed by atoms with E-state index in [-0.39, 0.29) is 35.4 Å². The zero-order valence-electron chi connectivity index (χ0n) is 18.2. The first kappa shape index (κ1) is 7.84. The van der Waals surface area contributed by atoms with Crippen LogP contribution in [0.2, 0.25) is 0 Å². The maximum Gasteiger partial charge on any atom is 0.119 e. The minimum Gasteiger partial charge on any atom is -0.497 e. The molecule has 0 amide bonds. The Morgan fingerprint density at radius 2 is 2.35 bits per heavy atom. The van der Waals surface area contributed by atoms with Crippen LogP contribution in [0.3, 0.4) is 0 Å². The smallest absolute Gasteiger partial charge is 0.119 e. The molecule has 0 N–H and O–H groups in total. The van der Waals surface area contributed by atoms with Gasteiger partial charge in [-0.3, -0.25) is 0 Å². The number of benzene rings is 1. The molecule has 1 heterocycles. The van der Waals surface area contributed by atoms with Gasteiger partial charge in [-0.1, -0.05) is 18.9 Å². The molecule has 0 radical (unpaired) electrons. The number of piperidine rings is 1. The van der Waals surface area contributed by atoms with Gasteiger partial charge in [0.05, 0.1) is 11.2 Å². The van der Waals surface area contributed by atoms with E-state index in [4.69, 9.17) is 11.6 Å². The highest BCUT2D eigenvalue weighted by molar-refractivity contribution is 5.45. The van der Waals surface area contributed by atoms with Gasteiger partial charge in [-0.2, -0.15) is 0 Å². The number of nitrogens with zero attached hydrogens (tertiary/aromatic N) is 1. The quantitative estimate of drug-likeness (QED) is 0.780. The Balaban J connectivity index is 2.16. The lowest BCUT2D eigenvalue weighted by atomic mass is 9.52. The van der Waals surface area contributed by atoms with Gasteiger partial charge in [0.15, 0.2) is 0 Å². The third-order valence-electron chi connectivity index (χ3n) is 5.41. The van der Waals surface area contributed by atoms with Gasteiger partial charge in [-0.15, -0.1) is 0 Å². The molecule has 3 atom stereocenters. The first-order valence-corrected chi connectivity index (χ1v) is 7.54. The van der Waals surface area contributed by atoms with Gasteiger partial charge in [-0.05, 0) is 68.4 Å². The summed E-state index contributed by atoms with van der Waals surface area (Å²) in [6.07, 6.45) is 2.13. The van der Waals surface area contributed by atoms with E-state index in [1.165, 1.54) is 7.11 Å². The highest BCUT2D eigenvalue weighted by Gasteiger charge is 2.53. The second-order valence-electron chi connectivity index (χ2n) is 6.29. The molecular formula is C18H25NO. The molecule has 0 spiro atoms. The third-order valence-corrected chi connectivity index (χ3v) is 5.41. The Morgan fingerprint density at radius 3 is 3.20 bits per heavy atom. The van der Waals surface area contributed by atoms with Crippen LogP contribution in [-0.2, 0) is 11.8 Å². The fraction of sp³-hybridized carbons (Fsp3) is 0.667. The Kier molecular flexibility index (Phi) is 1.76. The van der Waals surface area contributed by atoms with Crippen molar-refractivity contribution >= 4 is 0 Å². The van der Waals surface area contributed by atoms with Crippen LogP contribution in [0.15, 0.2) is 18.1 Å². The van der Waals surface area contributed by atoms with Gasteiger partial charge in [-0.25, -0.2) is 0 Å². The molecule has 1 unspecified atom stereocenters. The van der Waals surface area contributed by atoms with E-state index in [9.17, 15) is 1.37 Å². The Labute approximate surface area is 130 Å². The van der Waals surface area contributed by atoms with Gasteiger partial charge in [0.1, 0.15) is 5.75 Å². The van der Waals surface area contributed by atoms with Gasteiger partial charge >= 0.3 is 0 Å². The molecule has 2 bridgehead atoms. The zero-order chi connectivity index (χ0) is 19.1. The number of methoxy groups -OCH3 is 1. The van der Waals surface area contributed by atoms with Crippen molar-refractivity contribution in [2.75, 3.05) is 20.7 Å². The molecule has 2 fully saturated rings. The molecule has 1 aromatic carbocycles. The van der Waals surface area contributed by atoms with E-state index in [2.05, 4.69) is 0 Å². The van der Waals surface area contributed by atoms with E-state index < -0.39 is 17.8 Å². The van der Waals surface area contributed by atoms with Crippen LogP contribution in [0, 0.1) is 5.92 Å². The van der Waals surface area contributed by atoms with Crippen LogP contribution >= 0.6 is 0 Å². The Morgan fingerprint density at radius 1 is 1.45 bits per heavy atom. The Bertz CT molecular complexity index is 784. The van der Waals surface area contributed by atoms with Crippen LogP contribution in [-0.4, -0.2) is 31.6 Å². The predicted octanol–water partition coefficient (Wildman–Crippen LogP) is 3.38. The lowest BCUT2D eigenvalue weighted by Crippen LogP contribution is -2.59. The first-order chi connectivity index (χ1) is 12.1. The normalized spacial score (nSPS) is 46.6. The highest BCUT2D eigenvalue weighted by Crippen LogP contribution is 2.55. The number of hydrogen-bond acceptors (Lipinski definition) is 2. The number of ether oxygens (including phenoxy) is 1. The molecule has 20 heavy (non-hydrogen) atoms. The van der Waals surface area contributed by atoms with Crippen LogP contribution in [0.1, 0.15) is 51.5 Å². The number of fused-ring (bicyclic) bond motifs is 1. The van der Waals surface area contributed by atoms with E-state index in [0.717, 1.165) is 32.1 Å². The highest BCUT2D eigenvalue weighted by atomic mass is 16.5. The second-order valence-corrected chi connectivity index (χ2v) is 6.29. The number of likely N-dealkylation sites (N-methyl/N-ethyl adjacent to an activating group) is 1. The number of likely N-dealkylation sites (tertiary alicyclic amines) is 1. The van der Waals surface area contributed by atoms with E-state index >= 15 is 0 Å². The van der Waals surface area contributed by atoms with Crippen molar-refractivity contribution in [2.24, 2.45) is 5.92 Å². The molecule has 0 aromatic heterocycles. The summed E-state index contributed by atoms with van der Waals surface area (Å²) < 4.78 is 57.8. The molecule has 2 heteroatoms. The summed E-state index contributed by atoms with van der Waals surface area (Å²) in [5, 5.41) is 0. The van der Waals surface area contributed by atoms with Crippen molar-refractivity contribution in [3.63, 3.8) is 0 Å². The fourth-order valence-corrected chi connectivity index (χ4v) is 4.38. The van der Waals surface area contributed by atoms with Gasteiger partial charge in [0.25, 0.3) is 0 Å². The van der Waals surface area contributed by atoms with E-state index in [1.807, 2.05) is 0 Å². The summed E-state index contributed by atoms with van der Waals surface area (Å²) in [5.74, 6) is -0.172. The molecule has 108 valence electrons. The molecule has 2 nitrogen and oxygen atoms in total. The topological polar surface area (TPSA) is 12.5 Å². The third kappa shape index (κ3) is 1.60. The lowest BCUT2D eigenvalue weighted by molar-refractivity contribution is 0.00274. The average molecular weight is 277 g/mol. The van der Waals surface area contributed by atoms with Gasteiger partial charge in [0.2, 0.25) is 0 Å². The average Bonchev–Trinajstić information content (AvgIpc) is 2.60. The molecule has 1 saturated heterocycles. The summed E-state index contributed by atoms with van der Waals surface area (Å²) in [6, 6.07) is -1.92. The zero-order valence-corrected chi connectivity index (χ0v) is 12.2. The minimum atomic E-state index is -2.13. The predicted molar refractivity (Wildman–Crippen MR) is 81.4 cm³/mol. The summed E-state index contributed by atoms with van der Waals surface area (Å²) in [6.45, 7) is 0.594. The largest absolute Gasteiger partial charge is 0.497 e. The van der Waals surface area contributed by atoms with E-state index in [1.54, 1.807) is 11.9 Å². The maximum absolute atomic E-state index is 9.26. The summed E-state index contributed by atoms with van der Waals surface area (Å²) in [4.78, 5) is 1.79. The van der Waals surface area contributed by atoms with E-state index in [0.29, 0.717) is 12.1 Å². The van der Waals surface area contributed by atoms with Crippen molar-refractivity contribution in [1.29, 1.82) is 0 Å². The summed E-state index contributed by atoms with van der Waals surface area (Å²) in [7, 11) is 3.19. The van der Waals surface area contributed by atoms with Crippen LogP contribution in [0.25, 0.3) is 0 Å². The van der Waals surface area contributed by atoms with Crippen molar-refractivity contribution in [2.45, 2.75) is 49.9 Å². The number of hydrogen-bond donors (Lipinski definition) is 0. The maximum atomic E-state index is 9.26. The molecule has 2 aliphatic carbocycles. The van der Waals surface area contributed by atoms with Crippen LogP contribution in [0.5, 0.6) is 5.75 Å². The van der Waals surface area contributed by atoms with Crippen molar-refractivity contribution < 1.29 is 13.0 Å². The van der Waals surface area contributed by atoms with Crippen LogP contribution < -0.4 is 4.74 Å². The van der Waals surface area contributed by atoms with Crippen molar-refractivity contribution in [3.05, 3.63) is 29.3 Å². The monoisotopic (exact) mass is 277 g/mol. The SMILES string of the molecule is [2H]c1c([2H])c2c(c([2H])c1OC)[C@]13CCCCC1[C@@]([2H])(N(C)CC3)C2([2H])[2H]. The second kappa shape index (κ2) is 4.49. The van der Waals surface area contributed by atoms with Crippen molar-refractivity contribution in [1.82, 2.24) is 4.90 Å². The molecule has 1 aromatic rings. The van der Waals surface area contributed by atoms with Crippen molar-refractivity contribution in [3.8, 4) is 5.75 Å². The standard InChI is InChI=1S/C18H25NO/c1-19-10-9-18-8-4-3-5-15(18)17(19)11-13-6-7-14(20-2)12-16(13)18/h6-7,12,15,17H,3-5,8-11H2,1-2H3/t15?,17-,18-/m0/s1/i6D,7D,11D2,12D,17D. The molecule has 1 aliphatic heterocycles. The summed E-state index contributed by atoms with van der Waals surface area (Å²) in [5.41, 5.74) is 0.149. The molecular weight excluding hydrogens is 246 g/mol. The Hall–Kier alpha value is -1.02. The fourth-order valence-electron chi connectivity index (χ4n) is 4.38.